The van der Waals surface area contributed by atoms with Gasteiger partial charge in [-0.25, -0.2) is 0 Å². The minimum atomic E-state index is -4.64. The van der Waals surface area contributed by atoms with E-state index >= 15 is 0 Å². The van der Waals surface area contributed by atoms with Crippen LogP contribution in [0.25, 0.3) is 10.9 Å². The fourth-order valence-electron chi connectivity index (χ4n) is 3.66. The van der Waals surface area contributed by atoms with Crippen LogP contribution in [0.2, 0.25) is 0 Å². The minimum Gasteiger partial charge on any atom is -0.481 e. The van der Waals surface area contributed by atoms with Gasteiger partial charge in [0.2, 0.25) is 0 Å². The van der Waals surface area contributed by atoms with Crippen molar-refractivity contribution >= 4 is 22.8 Å². The number of alkyl halides is 3. The number of aromatic amines is 1. The number of benzene rings is 1. The molecule has 1 aliphatic rings. The number of hydrogen-bond acceptors (Lipinski definition) is 2. The van der Waals surface area contributed by atoms with E-state index in [1.54, 1.807) is 13.0 Å². The van der Waals surface area contributed by atoms with E-state index in [1.165, 1.54) is 12.3 Å². The van der Waals surface area contributed by atoms with Gasteiger partial charge < -0.3 is 15.4 Å². The third kappa shape index (κ3) is 3.79. The molecule has 1 aromatic heterocycles. The van der Waals surface area contributed by atoms with E-state index in [9.17, 15) is 27.9 Å². The molecule has 8 heteroatoms. The van der Waals surface area contributed by atoms with Crippen LogP contribution in [0.5, 0.6) is 0 Å². The van der Waals surface area contributed by atoms with Crippen molar-refractivity contribution in [1.29, 1.82) is 0 Å². The van der Waals surface area contributed by atoms with Crippen molar-refractivity contribution < 1.29 is 27.9 Å². The van der Waals surface area contributed by atoms with Gasteiger partial charge in [-0.05, 0) is 50.7 Å². The Morgan fingerprint density at radius 1 is 1.26 bits per heavy atom. The second-order valence-electron chi connectivity index (χ2n) is 7.45. The first kappa shape index (κ1) is 19.3. The molecule has 0 atom stereocenters. The molecule has 2 aromatic rings. The number of nitrogens with one attached hydrogen (secondary N) is 2. The van der Waals surface area contributed by atoms with Crippen LogP contribution in [0.15, 0.2) is 24.4 Å². The van der Waals surface area contributed by atoms with Crippen LogP contribution >= 0.6 is 0 Å². The maximum absolute atomic E-state index is 13.3. The fourth-order valence-corrected chi connectivity index (χ4v) is 3.66. The zero-order valence-corrected chi connectivity index (χ0v) is 14.8. The number of aromatic nitrogens is 1. The monoisotopic (exact) mass is 382 g/mol. The summed E-state index contributed by atoms with van der Waals surface area (Å²) in [6.07, 6.45) is -0.939. The molecule has 0 saturated heterocycles. The van der Waals surface area contributed by atoms with Crippen molar-refractivity contribution in [2.75, 3.05) is 6.54 Å². The molecule has 0 spiro atoms. The molecule has 5 nitrogen and oxygen atoms in total. The molecule has 0 aliphatic heterocycles. The molecule has 0 bridgehead atoms. The number of hydrogen-bond donors (Lipinski definition) is 3. The van der Waals surface area contributed by atoms with Crippen LogP contribution in [0.1, 0.15) is 48.5 Å². The van der Waals surface area contributed by atoms with Gasteiger partial charge in [-0.15, -0.1) is 0 Å². The third-order valence-corrected chi connectivity index (χ3v) is 5.54. The molecule has 146 valence electrons. The number of fused-ring (bicyclic) bond motifs is 1. The van der Waals surface area contributed by atoms with Crippen LogP contribution in [0.3, 0.4) is 0 Å². The number of halogens is 3. The quantitative estimate of drug-likeness (QED) is 0.741. The lowest BCUT2D eigenvalue weighted by atomic mass is 9.72. The maximum Gasteiger partial charge on any atom is 0.417 e. The number of carbonyl (C=O) groups is 2. The highest BCUT2D eigenvalue weighted by molar-refractivity contribution is 6.07. The van der Waals surface area contributed by atoms with E-state index in [-0.39, 0.29) is 18.0 Å². The van der Waals surface area contributed by atoms with E-state index in [0.717, 1.165) is 6.07 Å². The summed E-state index contributed by atoms with van der Waals surface area (Å²) in [7, 11) is 0. The highest BCUT2D eigenvalue weighted by Gasteiger charge is 2.38. The van der Waals surface area contributed by atoms with E-state index in [1.807, 2.05) is 0 Å². The number of H-pyrrole nitrogens is 1. The largest absolute Gasteiger partial charge is 0.481 e. The summed E-state index contributed by atoms with van der Waals surface area (Å²) in [6, 6.07) is 3.86. The summed E-state index contributed by atoms with van der Waals surface area (Å²) >= 11 is 0. The Labute approximate surface area is 153 Å². The number of carboxylic acid groups (broad SMARTS) is 1. The lowest BCUT2D eigenvalue weighted by Crippen LogP contribution is -2.37. The number of aliphatic carboxylic acids is 1. The smallest absolute Gasteiger partial charge is 0.417 e. The summed E-state index contributed by atoms with van der Waals surface area (Å²) in [4.78, 5) is 26.6. The molecule has 3 rings (SSSR count). The van der Waals surface area contributed by atoms with Crippen molar-refractivity contribution in [2.24, 2.45) is 11.3 Å². The van der Waals surface area contributed by atoms with Gasteiger partial charge in [0, 0.05) is 18.1 Å². The first-order chi connectivity index (χ1) is 12.6. The number of amides is 1. The van der Waals surface area contributed by atoms with Crippen LogP contribution in [0.4, 0.5) is 13.2 Å². The van der Waals surface area contributed by atoms with Crippen LogP contribution in [0, 0.1) is 11.3 Å². The fraction of sp³-hybridized carbons (Fsp3) is 0.474. The first-order valence-electron chi connectivity index (χ1n) is 8.81. The predicted octanol–water partition coefficient (Wildman–Crippen LogP) is 4.20. The molecule has 3 N–H and O–H groups in total. The lowest BCUT2D eigenvalue weighted by Gasteiger charge is -2.33. The average molecular weight is 382 g/mol. The normalized spacial score (nSPS) is 23.3. The molecule has 0 radical (unpaired) electrons. The van der Waals surface area contributed by atoms with Crippen LogP contribution in [-0.2, 0) is 11.0 Å². The lowest BCUT2D eigenvalue weighted by molar-refractivity contribution is -0.150. The molecular formula is C19H21F3N2O3. The summed E-state index contributed by atoms with van der Waals surface area (Å²) in [5.74, 6) is -1.56. The molecule has 1 aromatic carbocycles. The third-order valence-electron chi connectivity index (χ3n) is 5.54. The van der Waals surface area contributed by atoms with E-state index in [0.29, 0.717) is 31.1 Å². The number of rotatable bonds is 4. The first-order valence-corrected chi connectivity index (χ1v) is 8.81. The molecule has 1 heterocycles. The van der Waals surface area contributed by atoms with Crippen molar-refractivity contribution in [2.45, 2.75) is 38.8 Å². The summed E-state index contributed by atoms with van der Waals surface area (Å²) in [6.45, 7) is 1.93. The zero-order valence-electron chi connectivity index (χ0n) is 14.8. The summed E-state index contributed by atoms with van der Waals surface area (Å²) < 4.78 is 40.0. The summed E-state index contributed by atoms with van der Waals surface area (Å²) in [5.41, 5.74) is -1.99. The Kier molecular flexibility index (Phi) is 4.92. The SMILES string of the molecule is C[C@]1(C(=O)O)CC[C@H](CNC(=O)c2c(C(F)(F)F)ccc3cc[nH]c23)CC1. The second kappa shape index (κ2) is 6.90. The highest BCUT2D eigenvalue weighted by Crippen LogP contribution is 2.39. The van der Waals surface area contributed by atoms with Gasteiger partial charge in [-0.1, -0.05) is 6.07 Å². The molecular weight excluding hydrogens is 361 g/mol. The Morgan fingerprint density at radius 3 is 2.52 bits per heavy atom. The molecule has 1 fully saturated rings. The van der Waals surface area contributed by atoms with E-state index in [4.69, 9.17) is 0 Å². The Bertz CT molecular complexity index is 865. The van der Waals surface area contributed by atoms with Crippen LogP contribution in [-0.4, -0.2) is 28.5 Å². The predicted molar refractivity (Wildman–Crippen MR) is 93.3 cm³/mol. The van der Waals surface area contributed by atoms with Crippen molar-refractivity contribution in [3.05, 3.63) is 35.5 Å². The standard InChI is InChI=1S/C19H21F3N2O3/c1-18(17(26)27)7-4-11(5-8-18)10-24-16(25)14-13(19(20,21)22)3-2-12-6-9-23-15(12)14/h2-3,6,9,11,23H,4-5,7-8,10H2,1H3,(H,24,25)(H,26,27)/t11-,18-. The van der Waals surface area contributed by atoms with Crippen LogP contribution < -0.4 is 5.32 Å². The van der Waals surface area contributed by atoms with Gasteiger partial charge in [0.05, 0.1) is 22.1 Å². The Hall–Kier alpha value is -2.51. The van der Waals surface area contributed by atoms with Gasteiger partial charge in [-0.2, -0.15) is 13.2 Å². The molecule has 1 saturated carbocycles. The molecule has 1 aliphatic carbocycles. The van der Waals surface area contributed by atoms with Gasteiger partial charge in [-0.3, -0.25) is 9.59 Å². The number of carboxylic acids is 1. The number of carbonyl (C=O) groups excluding carboxylic acids is 1. The minimum absolute atomic E-state index is 0.0542. The Morgan fingerprint density at radius 2 is 1.93 bits per heavy atom. The van der Waals surface area contributed by atoms with Gasteiger partial charge in [0.15, 0.2) is 0 Å². The molecule has 0 unspecified atom stereocenters. The van der Waals surface area contributed by atoms with Gasteiger partial charge in [0.1, 0.15) is 0 Å². The summed E-state index contributed by atoms with van der Waals surface area (Å²) in [5, 5.41) is 12.4. The highest BCUT2D eigenvalue weighted by atomic mass is 19.4. The molecule has 27 heavy (non-hydrogen) atoms. The molecule has 1 amide bonds. The van der Waals surface area contributed by atoms with E-state index < -0.39 is 34.6 Å². The maximum atomic E-state index is 13.3. The average Bonchev–Trinajstić information content (AvgIpc) is 3.08. The van der Waals surface area contributed by atoms with Crippen molar-refractivity contribution in [1.82, 2.24) is 10.3 Å². The van der Waals surface area contributed by atoms with Crippen molar-refractivity contribution in [3.63, 3.8) is 0 Å². The zero-order chi connectivity index (χ0) is 19.8. The Balaban J connectivity index is 1.74. The van der Waals surface area contributed by atoms with E-state index in [2.05, 4.69) is 10.3 Å². The second-order valence-corrected chi connectivity index (χ2v) is 7.45. The van der Waals surface area contributed by atoms with Gasteiger partial charge in [0.25, 0.3) is 5.91 Å². The topological polar surface area (TPSA) is 82.2 Å². The van der Waals surface area contributed by atoms with Crippen molar-refractivity contribution in [3.8, 4) is 0 Å². The van der Waals surface area contributed by atoms with Gasteiger partial charge >= 0.3 is 12.1 Å².